The molecule has 5 saturated carbocycles. The highest BCUT2D eigenvalue weighted by molar-refractivity contribution is 5.83. The molecule has 1 aromatic rings. The van der Waals surface area contributed by atoms with Gasteiger partial charge in [0.1, 0.15) is 0 Å². The highest BCUT2D eigenvalue weighted by Crippen LogP contribution is 2.64. The van der Waals surface area contributed by atoms with E-state index in [0.717, 1.165) is 70.1 Å². The molecule has 6 fully saturated rings. The molecule has 164 valence electrons. The molecule has 7 heteroatoms. The number of nitrogens with zero attached hydrogens (tertiary/aromatic N) is 6. The van der Waals surface area contributed by atoms with Gasteiger partial charge >= 0.3 is 0 Å². The van der Waals surface area contributed by atoms with Crippen molar-refractivity contribution in [1.82, 2.24) is 30.0 Å². The van der Waals surface area contributed by atoms with Crippen LogP contribution in [-0.4, -0.2) is 68.1 Å². The van der Waals surface area contributed by atoms with Crippen molar-refractivity contribution in [3.8, 4) is 0 Å². The van der Waals surface area contributed by atoms with E-state index >= 15 is 0 Å². The van der Waals surface area contributed by atoms with E-state index < -0.39 is 0 Å². The third-order valence-electron chi connectivity index (χ3n) is 9.11. The first kappa shape index (κ1) is 19.2. The lowest BCUT2D eigenvalue weighted by molar-refractivity contribution is -0.169. The second-order valence-electron chi connectivity index (χ2n) is 11.2. The van der Waals surface area contributed by atoms with Gasteiger partial charge < -0.3 is 4.90 Å². The fraction of sp³-hybridized carbons (Fsp3) is 0.913. The van der Waals surface area contributed by atoms with Crippen molar-refractivity contribution >= 4 is 5.91 Å². The molecule has 4 bridgehead atoms. The minimum absolute atomic E-state index is 0.0784. The zero-order valence-corrected chi connectivity index (χ0v) is 18.4. The molecule has 5 aliphatic carbocycles. The number of amides is 1. The van der Waals surface area contributed by atoms with Crippen LogP contribution in [0.3, 0.4) is 0 Å². The first-order valence-corrected chi connectivity index (χ1v) is 12.4. The molecule has 7 nitrogen and oxygen atoms in total. The number of aromatic nitrogens is 4. The maximum Gasteiger partial charge on any atom is 0.228 e. The van der Waals surface area contributed by atoms with E-state index in [1.165, 1.54) is 38.5 Å². The van der Waals surface area contributed by atoms with E-state index in [9.17, 15) is 4.79 Å². The molecule has 0 radical (unpaired) electrons. The fourth-order valence-electron chi connectivity index (χ4n) is 8.26. The summed E-state index contributed by atoms with van der Waals surface area (Å²) in [5.41, 5.74) is -0.260. The molecule has 2 atom stereocenters. The van der Waals surface area contributed by atoms with Gasteiger partial charge in [-0.3, -0.25) is 9.69 Å². The summed E-state index contributed by atoms with van der Waals surface area (Å²) in [6, 6.07) is 0.764. The van der Waals surface area contributed by atoms with Gasteiger partial charge in [-0.15, -0.1) is 10.2 Å². The number of hydrogen-bond donors (Lipinski definition) is 0. The predicted molar refractivity (Wildman–Crippen MR) is 113 cm³/mol. The quantitative estimate of drug-likeness (QED) is 0.764. The number of aryl methyl sites for hydroxylation is 1. The van der Waals surface area contributed by atoms with Gasteiger partial charge in [-0.25, -0.2) is 0 Å². The Kier molecular flexibility index (Phi) is 4.49. The molecule has 0 N–H and O–H groups in total. The van der Waals surface area contributed by atoms with Gasteiger partial charge in [0.25, 0.3) is 0 Å². The first-order valence-electron chi connectivity index (χ1n) is 12.4. The normalized spacial score (nSPS) is 39.6. The summed E-state index contributed by atoms with van der Waals surface area (Å²) >= 11 is 0. The number of rotatable bonds is 3. The number of carbonyl (C=O) groups excluding carboxylic acids is 1. The van der Waals surface area contributed by atoms with Crippen LogP contribution in [-0.2, 0) is 10.3 Å². The summed E-state index contributed by atoms with van der Waals surface area (Å²) in [5, 5.41) is 13.2. The van der Waals surface area contributed by atoms with Crippen molar-refractivity contribution in [2.45, 2.75) is 89.1 Å². The van der Waals surface area contributed by atoms with Crippen molar-refractivity contribution in [1.29, 1.82) is 0 Å². The van der Waals surface area contributed by atoms with Crippen LogP contribution in [0.2, 0.25) is 0 Å². The molecule has 1 amide bonds. The molecule has 7 rings (SSSR count). The van der Waals surface area contributed by atoms with Crippen molar-refractivity contribution in [2.24, 2.45) is 17.3 Å². The van der Waals surface area contributed by atoms with E-state index in [1.807, 2.05) is 11.7 Å². The van der Waals surface area contributed by atoms with Gasteiger partial charge in [0.2, 0.25) is 5.91 Å². The van der Waals surface area contributed by atoms with Crippen molar-refractivity contribution in [3.05, 3.63) is 5.82 Å². The van der Waals surface area contributed by atoms with Crippen LogP contribution in [0.4, 0.5) is 0 Å². The molecule has 0 aromatic carbocycles. The summed E-state index contributed by atoms with van der Waals surface area (Å²) < 4.78 is 0. The summed E-state index contributed by atoms with van der Waals surface area (Å²) in [5.74, 6) is 2.47. The minimum atomic E-state index is -0.182. The van der Waals surface area contributed by atoms with E-state index in [1.54, 1.807) is 0 Å². The maximum absolute atomic E-state index is 14.0. The van der Waals surface area contributed by atoms with Crippen molar-refractivity contribution in [2.75, 3.05) is 26.2 Å². The first-order chi connectivity index (χ1) is 14.6. The number of piperazine rings is 1. The third kappa shape index (κ3) is 3.02. The molecular weight excluding hydrogens is 376 g/mol. The van der Waals surface area contributed by atoms with Crippen molar-refractivity contribution < 1.29 is 4.79 Å². The molecule has 1 aromatic heterocycles. The highest BCUT2D eigenvalue weighted by atomic mass is 16.2. The van der Waals surface area contributed by atoms with Crippen molar-refractivity contribution in [3.63, 3.8) is 0 Å². The van der Waals surface area contributed by atoms with Crippen LogP contribution in [0.15, 0.2) is 0 Å². The lowest BCUT2D eigenvalue weighted by atomic mass is 9.46. The van der Waals surface area contributed by atoms with Gasteiger partial charge in [-0.2, -0.15) is 4.80 Å². The molecule has 2 heterocycles. The minimum Gasteiger partial charge on any atom is -0.340 e. The summed E-state index contributed by atoms with van der Waals surface area (Å²) in [6.07, 6.45) is 13.5. The fourth-order valence-corrected chi connectivity index (χ4v) is 8.26. The van der Waals surface area contributed by atoms with Gasteiger partial charge in [-0.1, -0.05) is 19.3 Å². The van der Waals surface area contributed by atoms with Gasteiger partial charge in [-0.05, 0) is 75.3 Å². The Morgan fingerprint density at radius 3 is 2.30 bits per heavy atom. The highest BCUT2D eigenvalue weighted by Gasteiger charge is 2.63. The Morgan fingerprint density at radius 2 is 1.67 bits per heavy atom. The predicted octanol–water partition coefficient (Wildman–Crippen LogP) is 2.75. The second-order valence-corrected chi connectivity index (χ2v) is 11.2. The smallest absolute Gasteiger partial charge is 0.228 e. The molecule has 0 unspecified atom stereocenters. The van der Waals surface area contributed by atoms with Crippen LogP contribution in [0.5, 0.6) is 0 Å². The lowest BCUT2D eigenvalue weighted by Crippen LogP contribution is -2.63. The third-order valence-corrected chi connectivity index (χ3v) is 9.11. The Bertz CT molecular complexity index is 792. The van der Waals surface area contributed by atoms with Gasteiger partial charge in [0.05, 0.1) is 11.0 Å². The molecule has 6 aliphatic rings. The summed E-state index contributed by atoms with van der Waals surface area (Å²) in [4.78, 5) is 20.8. The van der Waals surface area contributed by atoms with Crippen LogP contribution in [0.25, 0.3) is 0 Å². The zero-order valence-electron chi connectivity index (χ0n) is 18.4. The monoisotopic (exact) mass is 412 g/mol. The number of tetrazole rings is 1. The number of hydrogen-bond acceptors (Lipinski definition) is 5. The Morgan fingerprint density at radius 1 is 0.967 bits per heavy atom. The average molecular weight is 413 g/mol. The van der Waals surface area contributed by atoms with Crippen LogP contribution < -0.4 is 0 Å². The average Bonchev–Trinajstić information content (AvgIpc) is 3.20. The summed E-state index contributed by atoms with van der Waals surface area (Å²) in [6.45, 7) is 5.87. The van der Waals surface area contributed by atoms with Crippen LogP contribution >= 0.6 is 0 Å². The topological polar surface area (TPSA) is 67.2 Å². The SMILES string of the molecule is Cc1nnn(C23C[C@H]4C[C@@H](CC(C(=O)N5CCN(C6CCCCC6)CC5)(C4)C2)C3)n1. The lowest BCUT2D eigenvalue weighted by Gasteiger charge is -2.61. The summed E-state index contributed by atoms with van der Waals surface area (Å²) in [7, 11) is 0. The Labute approximate surface area is 179 Å². The molecule has 1 aliphatic heterocycles. The van der Waals surface area contributed by atoms with Gasteiger partial charge in [0, 0.05) is 32.2 Å². The molecule has 30 heavy (non-hydrogen) atoms. The largest absolute Gasteiger partial charge is 0.340 e. The Hall–Kier alpha value is -1.50. The second kappa shape index (κ2) is 7.01. The zero-order chi connectivity index (χ0) is 20.3. The van der Waals surface area contributed by atoms with Gasteiger partial charge in [0.15, 0.2) is 5.82 Å². The Balaban J connectivity index is 1.19. The molecule has 0 spiro atoms. The molecule has 1 saturated heterocycles. The standard InChI is InChI=1S/C23H36N6O/c1-17-24-26-29(25-17)23-14-18-11-19(15-23)13-22(12-18,16-23)21(30)28-9-7-27(8-10-28)20-5-3-2-4-6-20/h18-20H,2-16H2,1H3/t18-,19-,22?,23?/m0/s1. The van der Waals surface area contributed by atoms with Crippen LogP contribution in [0, 0.1) is 24.2 Å². The van der Waals surface area contributed by atoms with Crippen LogP contribution in [0.1, 0.15) is 76.5 Å². The number of carbonyl (C=O) groups is 1. The maximum atomic E-state index is 14.0. The van der Waals surface area contributed by atoms with E-state index in [2.05, 4.69) is 25.2 Å². The van der Waals surface area contributed by atoms with E-state index in [-0.39, 0.29) is 11.0 Å². The molecular formula is C23H36N6O. The van der Waals surface area contributed by atoms with E-state index in [4.69, 9.17) is 0 Å². The van der Waals surface area contributed by atoms with E-state index in [0.29, 0.717) is 17.7 Å².